The zero-order valence-corrected chi connectivity index (χ0v) is 16.4. The molecule has 0 atom stereocenters. The van der Waals surface area contributed by atoms with Crippen LogP contribution in [0.5, 0.6) is 0 Å². The molecule has 28 heavy (non-hydrogen) atoms. The van der Waals surface area contributed by atoms with Crippen LogP contribution in [0, 0.1) is 0 Å². The Hall–Kier alpha value is -3.41. The lowest BCUT2D eigenvalue weighted by Gasteiger charge is -2.10. The average Bonchev–Trinajstić information content (AvgIpc) is 3.28. The molecule has 0 saturated carbocycles. The largest absolute Gasteiger partial charge is 0.350 e. The van der Waals surface area contributed by atoms with Crippen molar-refractivity contribution in [3.05, 3.63) is 66.2 Å². The van der Waals surface area contributed by atoms with E-state index in [9.17, 15) is 4.79 Å². The fourth-order valence-electron chi connectivity index (χ4n) is 3.07. The molecule has 0 fully saturated rings. The highest BCUT2D eigenvalue weighted by Crippen LogP contribution is 2.25. The minimum absolute atomic E-state index is 0.140. The number of nitrogens with zero attached hydrogens (tertiary/aromatic N) is 3. The Balaban J connectivity index is 1.54. The number of carbonyl (C=O) groups is 1. The van der Waals surface area contributed by atoms with E-state index in [0.29, 0.717) is 23.0 Å². The summed E-state index contributed by atoms with van der Waals surface area (Å²) in [7, 11) is 1.94. The molecule has 1 N–H and O–H groups in total. The smallest absolute Gasteiger partial charge is 0.257 e. The van der Waals surface area contributed by atoms with E-state index in [2.05, 4.69) is 15.5 Å². The van der Waals surface area contributed by atoms with Crippen LogP contribution < -0.4 is 5.32 Å². The molecule has 0 radical (unpaired) electrons. The molecule has 0 bridgehead atoms. The van der Waals surface area contributed by atoms with Crippen molar-refractivity contribution < 1.29 is 9.32 Å². The molecule has 2 aromatic carbocycles. The number of carbonyl (C=O) groups excluding carboxylic acids is 1. The SMILES string of the molecule is Cn1cc(C(=O)Nc2ccc(-c3noc(C(C)(C)C)n3)cc2)c2ccccc21. The van der Waals surface area contributed by atoms with Gasteiger partial charge in [-0.3, -0.25) is 4.79 Å². The number of aryl methyl sites for hydroxylation is 1. The number of rotatable bonds is 3. The van der Waals surface area contributed by atoms with Crippen molar-refractivity contribution >= 4 is 22.5 Å². The summed E-state index contributed by atoms with van der Waals surface area (Å²) in [5, 5.41) is 7.94. The van der Waals surface area contributed by atoms with E-state index in [-0.39, 0.29) is 11.3 Å². The number of anilines is 1. The summed E-state index contributed by atoms with van der Waals surface area (Å²) in [5.74, 6) is 0.992. The van der Waals surface area contributed by atoms with E-state index < -0.39 is 0 Å². The molecular weight excluding hydrogens is 352 g/mol. The maximum atomic E-state index is 12.7. The van der Waals surface area contributed by atoms with Gasteiger partial charge in [-0.15, -0.1) is 0 Å². The molecule has 6 heteroatoms. The first-order chi connectivity index (χ1) is 13.3. The lowest BCUT2D eigenvalue weighted by molar-refractivity contribution is 0.102. The van der Waals surface area contributed by atoms with Crippen molar-refractivity contribution in [2.24, 2.45) is 7.05 Å². The Bertz CT molecular complexity index is 1150. The average molecular weight is 374 g/mol. The predicted octanol–water partition coefficient (Wildman–Crippen LogP) is 4.78. The second-order valence-corrected chi connectivity index (χ2v) is 7.88. The third-order valence-corrected chi connectivity index (χ3v) is 4.61. The van der Waals surface area contributed by atoms with Crippen LogP contribution in [-0.2, 0) is 12.5 Å². The molecule has 4 aromatic rings. The Labute approximate surface area is 163 Å². The fourth-order valence-corrected chi connectivity index (χ4v) is 3.07. The lowest BCUT2D eigenvalue weighted by Crippen LogP contribution is -2.11. The topological polar surface area (TPSA) is 73.0 Å². The van der Waals surface area contributed by atoms with Gasteiger partial charge < -0.3 is 14.4 Å². The van der Waals surface area contributed by atoms with Gasteiger partial charge in [-0.25, -0.2) is 0 Å². The van der Waals surface area contributed by atoms with Gasteiger partial charge >= 0.3 is 0 Å². The van der Waals surface area contributed by atoms with Crippen molar-refractivity contribution in [2.75, 3.05) is 5.32 Å². The molecule has 2 heterocycles. The van der Waals surface area contributed by atoms with Crippen molar-refractivity contribution in [3.8, 4) is 11.4 Å². The number of hydrogen-bond donors (Lipinski definition) is 1. The van der Waals surface area contributed by atoms with Gasteiger partial charge in [0.15, 0.2) is 0 Å². The Morgan fingerprint density at radius 1 is 1.07 bits per heavy atom. The van der Waals surface area contributed by atoms with E-state index in [1.54, 1.807) is 0 Å². The molecule has 0 unspecified atom stereocenters. The van der Waals surface area contributed by atoms with E-state index in [0.717, 1.165) is 16.5 Å². The van der Waals surface area contributed by atoms with Gasteiger partial charge in [-0.1, -0.05) is 44.1 Å². The summed E-state index contributed by atoms with van der Waals surface area (Å²) < 4.78 is 7.30. The molecule has 0 saturated heterocycles. The first-order valence-corrected chi connectivity index (χ1v) is 9.13. The van der Waals surface area contributed by atoms with Crippen molar-refractivity contribution in [1.82, 2.24) is 14.7 Å². The first kappa shape index (κ1) is 18.0. The molecule has 0 aliphatic carbocycles. The van der Waals surface area contributed by atoms with Crippen LogP contribution in [-0.4, -0.2) is 20.6 Å². The minimum Gasteiger partial charge on any atom is -0.350 e. The standard InChI is InChI=1S/C22H22N4O2/c1-22(2,3)21-24-19(25-28-21)14-9-11-15(12-10-14)23-20(27)17-13-26(4)18-8-6-5-7-16(17)18/h5-13H,1-4H3,(H,23,27). The molecule has 2 aromatic heterocycles. The second-order valence-electron chi connectivity index (χ2n) is 7.88. The van der Waals surface area contributed by atoms with Gasteiger partial charge in [-0.2, -0.15) is 4.98 Å². The summed E-state index contributed by atoms with van der Waals surface area (Å²) in [5.41, 5.74) is 3.02. The maximum Gasteiger partial charge on any atom is 0.257 e. The lowest BCUT2D eigenvalue weighted by atomic mass is 9.97. The highest BCUT2D eigenvalue weighted by Gasteiger charge is 2.22. The number of hydrogen-bond acceptors (Lipinski definition) is 4. The third kappa shape index (κ3) is 3.29. The molecule has 1 amide bonds. The molecule has 0 spiro atoms. The zero-order chi connectivity index (χ0) is 19.9. The van der Waals surface area contributed by atoms with Crippen LogP contribution in [0.15, 0.2) is 59.3 Å². The van der Waals surface area contributed by atoms with E-state index in [1.807, 2.05) is 87.1 Å². The van der Waals surface area contributed by atoms with Crippen LogP contribution in [0.25, 0.3) is 22.3 Å². The monoisotopic (exact) mass is 374 g/mol. The molecule has 0 aliphatic rings. The number of benzene rings is 2. The van der Waals surface area contributed by atoms with Crippen molar-refractivity contribution in [2.45, 2.75) is 26.2 Å². The number of para-hydroxylation sites is 1. The molecule has 4 rings (SSSR count). The van der Waals surface area contributed by atoms with Crippen LogP contribution in [0.3, 0.4) is 0 Å². The summed E-state index contributed by atoms with van der Waals surface area (Å²) in [6.45, 7) is 6.07. The Morgan fingerprint density at radius 3 is 2.46 bits per heavy atom. The maximum absolute atomic E-state index is 12.7. The normalized spacial score (nSPS) is 11.7. The number of nitrogens with one attached hydrogen (secondary N) is 1. The van der Waals surface area contributed by atoms with E-state index in [1.165, 1.54) is 0 Å². The van der Waals surface area contributed by atoms with Crippen LogP contribution in [0.1, 0.15) is 37.0 Å². The summed E-state index contributed by atoms with van der Waals surface area (Å²) in [6.07, 6.45) is 1.85. The summed E-state index contributed by atoms with van der Waals surface area (Å²) in [6, 6.07) is 15.3. The summed E-state index contributed by atoms with van der Waals surface area (Å²) in [4.78, 5) is 17.2. The Kier molecular flexibility index (Phi) is 4.26. The van der Waals surface area contributed by atoms with Crippen molar-refractivity contribution in [1.29, 1.82) is 0 Å². The molecule has 142 valence electrons. The zero-order valence-electron chi connectivity index (χ0n) is 16.4. The van der Waals surface area contributed by atoms with Gasteiger partial charge in [0.25, 0.3) is 5.91 Å². The van der Waals surface area contributed by atoms with Crippen LogP contribution in [0.4, 0.5) is 5.69 Å². The minimum atomic E-state index is -0.197. The highest BCUT2D eigenvalue weighted by atomic mass is 16.5. The van der Waals surface area contributed by atoms with Gasteiger partial charge in [0.05, 0.1) is 5.56 Å². The van der Waals surface area contributed by atoms with Crippen LogP contribution >= 0.6 is 0 Å². The first-order valence-electron chi connectivity index (χ1n) is 9.13. The van der Waals surface area contributed by atoms with Crippen molar-refractivity contribution in [3.63, 3.8) is 0 Å². The van der Waals surface area contributed by atoms with Gasteiger partial charge in [0.1, 0.15) is 0 Å². The quantitative estimate of drug-likeness (QED) is 0.560. The van der Waals surface area contributed by atoms with E-state index in [4.69, 9.17) is 4.52 Å². The number of fused-ring (bicyclic) bond motifs is 1. The highest BCUT2D eigenvalue weighted by molar-refractivity contribution is 6.13. The number of aromatic nitrogens is 3. The third-order valence-electron chi connectivity index (χ3n) is 4.61. The molecular formula is C22H22N4O2. The van der Waals surface area contributed by atoms with Crippen LogP contribution in [0.2, 0.25) is 0 Å². The Morgan fingerprint density at radius 2 is 1.79 bits per heavy atom. The van der Waals surface area contributed by atoms with Gasteiger partial charge in [-0.05, 0) is 30.3 Å². The molecule has 0 aliphatic heterocycles. The van der Waals surface area contributed by atoms with E-state index >= 15 is 0 Å². The predicted molar refractivity (Wildman–Crippen MR) is 109 cm³/mol. The second kappa shape index (κ2) is 6.64. The van der Waals surface area contributed by atoms with Gasteiger partial charge in [0.2, 0.25) is 11.7 Å². The summed E-state index contributed by atoms with van der Waals surface area (Å²) >= 11 is 0. The fraction of sp³-hybridized carbons (Fsp3) is 0.227. The molecule has 6 nitrogen and oxygen atoms in total. The van der Waals surface area contributed by atoms with Gasteiger partial charge in [0, 0.05) is 40.8 Å². The number of amides is 1.